The highest BCUT2D eigenvalue weighted by Crippen LogP contribution is 2.31. The van der Waals surface area contributed by atoms with Crippen LogP contribution in [0.1, 0.15) is 24.2 Å². The number of nitrogens with two attached hydrogens (primary N) is 1. The molecule has 2 N–H and O–H groups in total. The summed E-state index contributed by atoms with van der Waals surface area (Å²) < 4.78 is 22.9. The summed E-state index contributed by atoms with van der Waals surface area (Å²) in [5.41, 5.74) is -0.630. The molecule has 0 spiro atoms. The molecule has 0 saturated carbocycles. The number of hydrogen-bond donors (Lipinski definition) is 1. The van der Waals surface area contributed by atoms with Crippen LogP contribution in [0.2, 0.25) is 0 Å². The second kappa shape index (κ2) is 6.50. The molecule has 21 heavy (non-hydrogen) atoms. The van der Waals surface area contributed by atoms with Gasteiger partial charge in [0, 0.05) is 25.2 Å². The van der Waals surface area contributed by atoms with Crippen LogP contribution in [0.3, 0.4) is 0 Å². The van der Waals surface area contributed by atoms with Gasteiger partial charge in [-0.15, -0.1) is 0 Å². The van der Waals surface area contributed by atoms with Crippen molar-refractivity contribution in [3.63, 3.8) is 0 Å². The Morgan fingerprint density at radius 1 is 1.38 bits per heavy atom. The standard InChI is InChI=1S/C11H14BrN3O5S/c1-3-14(4-2)11(16)8-5-7(15(17)18)6-9(10(8)12)21(13,19)20/h5-6H,3-4H2,1-2H3,(H2,13,19,20). The van der Waals surface area contributed by atoms with Crippen LogP contribution in [-0.4, -0.2) is 37.2 Å². The smallest absolute Gasteiger partial charge is 0.271 e. The van der Waals surface area contributed by atoms with Crippen molar-refractivity contribution < 1.29 is 18.1 Å². The average molecular weight is 380 g/mol. The van der Waals surface area contributed by atoms with Crippen molar-refractivity contribution in [2.24, 2.45) is 5.14 Å². The summed E-state index contributed by atoms with van der Waals surface area (Å²) in [5, 5.41) is 15.9. The number of non-ortho nitro benzene ring substituents is 1. The first kappa shape index (κ1) is 17.5. The van der Waals surface area contributed by atoms with Gasteiger partial charge < -0.3 is 4.90 Å². The van der Waals surface area contributed by atoms with Crippen LogP contribution < -0.4 is 5.14 Å². The Labute approximate surface area is 130 Å². The Balaban J connectivity index is 3.62. The van der Waals surface area contributed by atoms with E-state index >= 15 is 0 Å². The highest BCUT2D eigenvalue weighted by molar-refractivity contribution is 9.10. The van der Waals surface area contributed by atoms with Crippen LogP contribution in [0.15, 0.2) is 21.5 Å². The molecule has 8 nitrogen and oxygen atoms in total. The molecule has 0 aliphatic rings. The Bertz CT molecular complexity index is 685. The molecule has 0 aliphatic carbocycles. The van der Waals surface area contributed by atoms with Gasteiger partial charge in [0.25, 0.3) is 11.6 Å². The third-order valence-corrected chi connectivity index (χ3v) is 4.87. The molecular weight excluding hydrogens is 366 g/mol. The van der Waals surface area contributed by atoms with Crippen LogP contribution in [0.5, 0.6) is 0 Å². The van der Waals surface area contributed by atoms with Crippen molar-refractivity contribution in [3.8, 4) is 0 Å². The predicted octanol–water partition coefficient (Wildman–Crippen LogP) is 1.49. The molecule has 1 rings (SSSR count). The van der Waals surface area contributed by atoms with E-state index in [-0.39, 0.29) is 10.0 Å². The van der Waals surface area contributed by atoms with Crippen LogP contribution in [0.4, 0.5) is 5.69 Å². The Hall–Kier alpha value is -1.52. The van der Waals surface area contributed by atoms with E-state index in [0.29, 0.717) is 13.1 Å². The first-order valence-corrected chi connectivity index (χ1v) is 8.27. The number of halogens is 1. The molecule has 0 atom stereocenters. The van der Waals surface area contributed by atoms with E-state index in [1.165, 1.54) is 4.90 Å². The van der Waals surface area contributed by atoms with Gasteiger partial charge in [-0.25, -0.2) is 13.6 Å². The third-order valence-electron chi connectivity index (χ3n) is 2.82. The Morgan fingerprint density at radius 2 is 1.90 bits per heavy atom. The molecule has 0 bridgehead atoms. The normalized spacial score (nSPS) is 11.2. The Kier molecular flexibility index (Phi) is 5.42. The summed E-state index contributed by atoms with van der Waals surface area (Å²) in [6, 6.07) is 1.85. The highest BCUT2D eigenvalue weighted by Gasteiger charge is 2.26. The number of nitrogens with zero attached hydrogens (tertiary/aromatic N) is 2. The van der Waals surface area contributed by atoms with Crippen molar-refractivity contribution in [1.82, 2.24) is 4.90 Å². The summed E-state index contributed by atoms with van der Waals surface area (Å²) in [4.78, 5) is 23.4. The lowest BCUT2D eigenvalue weighted by molar-refractivity contribution is -0.385. The lowest BCUT2D eigenvalue weighted by Gasteiger charge is -2.19. The number of amides is 1. The molecule has 0 unspecified atom stereocenters. The van der Waals surface area contributed by atoms with Crippen LogP contribution in [0.25, 0.3) is 0 Å². The second-order valence-electron chi connectivity index (χ2n) is 4.09. The molecule has 0 radical (unpaired) electrons. The van der Waals surface area contributed by atoms with Crippen LogP contribution in [0, 0.1) is 10.1 Å². The second-order valence-corrected chi connectivity index (χ2v) is 6.41. The fourth-order valence-electron chi connectivity index (χ4n) is 1.73. The average Bonchev–Trinajstić information content (AvgIpc) is 2.38. The predicted molar refractivity (Wildman–Crippen MR) is 79.4 cm³/mol. The highest BCUT2D eigenvalue weighted by atomic mass is 79.9. The molecule has 0 aromatic heterocycles. The number of sulfonamides is 1. The van der Waals surface area contributed by atoms with Gasteiger partial charge in [-0.1, -0.05) is 0 Å². The zero-order chi connectivity index (χ0) is 16.4. The zero-order valence-electron chi connectivity index (χ0n) is 11.4. The molecule has 116 valence electrons. The largest absolute Gasteiger partial charge is 0.339 e. The summed E-state index contributed by atoms with van der Waals surface area (Å²) in [6.07, 6.45) is 0. The minimum atomic E-state index is -4.21. The zero-order valence-corrected chi connectivity index (χ0v) is 13.8. The van der Waals surface area contributed by atoms with E-state index in [1.54, 1.807) is 13.8 Å². The SMILES string of the molecule is CCN(CC)C(=O)c1cc([N+](=O)[O-])cc(S(N)(=O)=O)c1Br. The molecule has 0 saturated heterocycles. The Morgan fingerprint density at radius 3 is 2.29 bits per heavy atom. The van der Waals surface area contributed by atoms with Gasteiger partial charge >= 0.3 is 0 Å². The van der Waals surface area contributed by atoms with Crippen molar-refractivity contribution >= 4 is 37.5 Å². The number of nitro groups is 1. The number of hydrogen-bond acceptors (Lipinski definition) is 5. The summed E-state index contributed by atoms with van der Waals surface area (Å²) in [5.74, 6) is -0.513. The summed E-state index contributed by atoms with van der Waals surface area (Å²) >= 11 is 3.00. The first-order valence-electron chi connectivity index (χ1n) is 5.93. The third kappa shape index (κ3) is 3.77. The van der Waals surface area contributed by atoms with Crippen molar-refractivity contribution in [1.29, 1.82) is 0 Å². The molecule has 0 fully saturated rings. The van der Waals surface area contributed by atoms with Gasteiger partial charge in [-0.3, -0.25) is 14.9 Å². The molecule has 1 aromatic carbocycles. The quantitative estimate of drug-likeness (QED) is 0.612. The molecule has 10 heteroatoms. The van der Waals surface area contributed by atoms with Gasteiger partial charge in [0.1, 0.15) is 4.90 Å². The number of carbonyl (C=O) groups is 1. The monoisotopic (exact) mass is 379 g/mol. The van der Waals surface area contributed by atoms with E-state index in [1.807, 2.05) is 0 Å². The summed E-state index contributed by atoms with van der Waals surface area (Å²) in [6.45, 7) is 4.25. The van der Waals surface area contributed by atoms with Gasteiger partial charge in [0.2, 0.25) is 10.0 Å². The van der Waals surface area contributed by atoms with Crippen LogP contribution in [-0.2, 0) is 10.0 Å². The molecule has 0 heterocycles. The van der Waals surface area contributed by atoms with Gasteiger partial charge in [-0.2, -0.15) is 0 Å². The maximum absolute atomic E-state index is 12.3. The topological polar surface area (TPSA) is 124 Å². The lowest BCUT2D eigenvalue weighted by atomic mass is 10.1. The molecular formula is C11H14BrN3O5S. The van der Waals surface area contributed by atoms with Gasteiger partial charge in [-0.05, 0) is 29.8 Å². The number of carbonyl (C=O) groups excluding carboxylic acids is 1. The molecule has 0 aliphatic heterocycles. The van der Waals surface area contributed by atoms with E-state index in [4.69, 9.17) is 5.14 Å². The number of primary sulfonamides is 1. The van der Waals surface area contributed by atoms with E-state index in [2.05, 4.69) is 15.9 Å². The fourth-order valence-corrected chi connectivity index (χ4v) is 3.45. The van der Waals surface area contributed by atoms with E-state index in [9.17, 15) is 23.3 Å². The number of rotatable bonds is 5. The maximum Gasteiger partial charge on any atom is 0.271 e. The van der Waals surface area contributed by atoms with Gasteiger partial charge in [0.05, 0.1) is 15.0 Å². The van der Waals surface area contributed by atoms with E-state index in [0.717, 1.165) is 12.1 Å². The minimum Gasteiger partial charge on any atom is -0.339 e. The fraction of sp³-hybridized carbons (Fsp3) is 0.364. The lowest BCUT2D eigenvalue weighted by Crippen LogP contribution is -2.31. The van der Waals surface area contributed by atoms with Crippen molar-refractivity contribution in [2.75, 3.05) is 13.1 Å². The van der Waals surface area contributed by atoms with Crippen molar-refractivity contribution in [2.45, 2.75) is 18.7 Å². The van der Waals surface area contributed by atoms with Crippen molar-refractivity contribution in [3.05, 3.63) is 32.3 Å². The number of nitro benzene ring substituents is 1. The minimum absolute atomic E-state index is 0.0764. The maximum atomic E-state index is 12.3. The van der Waals surface area contributed by atoms with E-state index < -0.39 is 31.4 Å². The van der Waals surface area contributed by atoms with Gasteiger partial charge in [0.15, 0.2) is 0 Å². The first-order chi connectivity index (χ1) is 9.63. The molecule has 1 aromatic rings. The molecule has 1 amide bonds. The summed E-state index contributed by atoms with van der Waals surface area (Å²) in [7, 11) is -4.21. The number of benzene rings is 1. The van der Waals surface area contributed by atoms with Crippen LogP contribution >= 0.6 is 15.9 Å².